The van der Waals surface area contributed by atoms with E-state index < -0.39 is 0 Å². The van der Waals surface area contributed by atoms with E-state index in [-0.39, 0.29) is 11.9 Å². The minimum absolute atomic E-state index is 0.118. The average Bonchev–Trinajstić information content (AvgIpc) is 2.83. The van der Waals surface area contributed by atoms with Crippen LogP contribution in [0.2, 0.25) is 0 Å². The summed E-state index contributed by atoms with van der Waals surface area (Å²) in [6.07, 6.45) is 1.16. The Kier molecular flexibility index (Phi) is 3.10. The molecule has 2 rings (SSSR count). The summed E-state index contributed by atoms with van der Waals surface area (Å²) in [4.78, 5) is 0. The number of hydrogen-bond donors (Lipinski definition) is 1. The molecule has 0 heterocycles. The largest absolute Gasteiger partial charge is 0.313 e. The molecule has 0 saturated heterocycles. The Balaban J connectivity index is 2.31. The molecule has 2 unspecified atom stereocenters. The van der Waals surface area contributed by atoms with E-state index in [9.17, 15) is 4.39 Å². The number of benzene rings is 1. The molecule has 3 heteroatoms. The number of halogens is 2. The summed E-state index contributed by atoms with van der Waals surface area (Å²) in [5.74, 6) is 0.394. The molecule has 0 aromatic heterocycles. The number of nitrogens with one attached hydrogen (secondary N) is 1. The molecule has 0 aliphatic heterocycles. The van der Waals surface area contributed by atoms with Crippen molar-refractivity contribution in [1.29, 1.82) is 0 Å². The summed E-state index contributed by atoms with van der Waals surface area (Å²) in [5, 5.41) is 3.24. The number of rotatable bonds is 3. The Hall–Kier alpha value is -0.410. The molecule has 0 bridgehead atoms. The van der Waals surface area contributed by atoms with Gasteiger partial charge < -0.3 is 5.32 Å². The third kappa shape index (κ3) is 2.03. The quantitative estimate of drug-likeness (QED) is 0.888. The number of hydrogen-bond acceptors (Lipinski definition) is 1. The first-order valence-electron chi connectivity index (χ1n) is 5.58. The summed E-state index contributed by atoms with van der Waals surface area (Å²) in [6, 6.07) is 5.62. The maximum Gasteiger partial charge on any atom is 0.142 e. The molecule has 1 fully saturated rings. The zero-order chi connectivity index (χ0) is 11.9. The lowest BCUT2D eigenvalue weighted by Crippen LogP contribution is -2.21. The van der Waals surface area contributed by atoms with Crippen molar-refractivity contribution in [3.05, 3.63) is 34.1 Å². The van der Waals surface area contributed by atoms with Gasteiger partial charge in [0, 0.05) is 11.6 Å². The second kappa shape index (κ2) is 4.11. The van der Waals surface area contributed by atoms with Gasteiger partial charge in [0.15, 0.2) is 0 Å². The monoisotopic (exact) mass is 285 g/mol. The van der Waals surface area contributed by atoms with Gasteiger partial charge in [-0.2, -0.15) is 0 Å². The molecule has 0 radical (unpaired) electrons. The highest BCUT2D eigenvalue weighted by Crippen LogP contribution is 2.57. The highest BCUT2D eigenvalue weighted by molar-refractivity contribution is 9.10. The molecule has 1 aliphatic rings. The Labute approximate surface area is 105 Å². The topological polar surface area (TPSA) is 12.0 Å². The molecule has 16 heavy (non-hydrogen) atoms. The lowest BCUT2D eigenvalue weighted by atomic mass is 9.97. The van der Waals surface area contributed by atoms with Crippen molar-refractivity contribution in [3.8, 4) is 0 Å². The van der Waals surface area contributed by atoms with Gasteiger partial charge in [-0.05, 0) is 46.8 Å². The molecule has 1 N–H and O–H groups in total. The van der Waals surface area contributed by atoms with Gasteiger partial charge in [-0.1, -0.05) is 26.0 Å². The molecular formula is C13H17BrFN. The van der Waals surface area contributed by atoms with Crippen LogP contribution in [0.15, 0.2) is 22.7 Å². The molecular weight excluding hydrogens is 269 g/mol. The summed E-state index contributed by atoms with van der Waals surface area (Å²) in [6.45, 7) is 4.47. The van der Waals surface area contributed by atoms with Crippen LogP contribution < -0.4 is 5.32 Å². The van der Waals surface area contributed by atoms with Crippen LogP contribution in [0.5, 0.6) is 0 Å². The van der Waals surface area contributed by atoms with E-state index in [1.54, 1.807) is 6.07 Å². The highest BCUT2D eigenvalue weighted by atomic mass is 79.9. The normalized spacial score (nSPS) is 24.2. The second-order valence-corrected chi connectivity index (χ2v) is 6.06. The maximum absolute atomic E-state index is 14.0. The van der Waals surface area contributed by atoms with E-state index >= 15 is 0 Å². The molecule has 88 valence electrons. The SMILES string of the molecule is CNC(c1cccc(Br)c1F)C1CC1(C)C. The van der Waals surface area contributed by atoms with E-state index in [1.807, 2.05) is 19.2 Å². The molecule has 2 atom stereocenters. The molecule has 1 aromatic carbocycles. The Morgan fingerprint density at radius 1 is 1.50 bits per heavy atom. The van der Waals surface area contributed by atoms with Gasteiger partial charge in [0.05, 0.1) is 4.47 Å². The van der Waals surface area contributed by atoms with Crippen LogP contribution in [0, 0.1) is 17.2 Å². The van der Waals surface area contributed by atoms with Crippen molar-refractivity contribution < 1.29 is 4.39 Å². The zero-order valence-electron chi connectivity index (χ0n) is 9.85. The fourth-order valence-corrected chi connectivity index (χ4v) is 2.79. The van der Waals surface area contributed by atoms with Gasteiger partial charge in [0.1, 0.15) is 5.82 Å². The average molecular weight is 286 g/mol. The van der Waals surface area contributed by atoms with E-state index in [0.29, 0.717) is 15.8 Å². The maximum atomic E-state index is 14.0. The van der Waals surface area contributed by atoms with Gasteiger partial charge in [-0.3, -0.25) is 0 Å². The van der Waals surface area contributed by atoms with Crippen LogP contribution in [-0.4, -0.2) is 7.05 Å². The predicted octanol–water partition coefficient (Wildman–Crippen LogP) is 3.89. The standard InChI is InChI=1S/C13H17BrFN/c1-13(2)7-9(13)12(16-3)8-5-4-6-10(14)11(8)15/h4-6,9,12,16H,7H2,1-3H3. The van der Waals surface area contributed by atoms with Crippen molar-refractivity contribution in [2.75, 3.05) is 7.05 Å². The molecule has 1 saturated carbocycles. The van der Waals surface area contributed by atoms with E-state index in [4.69, 9.17) is 0 Å². The fourth-order valence-electron chi connectivity index (χ4n) is 2.41. The van der Waals surface area contributed by atoms with Crippen molar-refractivity contribution in [2.24, 2.45) is 11.3 Å². The van der Waals surface area contributed by atoms with Gasteiger partial charge in [-0.25, -0.2) is 4.39 Å². The lowest BCUT2D eigenvalue weighted by molar-refractivity contribution is 0.425. The minimum Gasteiger partial charge on any atom is -0.313 e. The van der Waals surface area contributed by atoms with Crippen molar-refractivity contribution in [3.63, 3.8) is 0 Å². The van der Waals surface area contributed by atoms with Crippen LogP contribution in [0.1, 0.15) is 31.9 Å². The Morgan fingerprint density at radius 2 is 2.12 bits per heavy atom. The van der Waals surface area contributed by atoms with Crippen LogP contribution in [0.4, 0.5) is 4.39 Å². The lowest BCUT2D eigenvalue weighted by Gasteiger charge is -2.19. The van der Waals surface area contributed by atoms with E-state index in [2.05, 4.69) is 35.1 Å². The predicted molar refractivity (Wildman–Crippen MR) is 67.8 cm³/mol. The molecule has 0 spiro atoms. The van der Waals surface area contributed by atoms with Gasteiger partial charge in [0.2, 0.25) is 0 Å². The van der Waals surface area contributed by atoms with E-state index in [1.165, 1.54) is 0 Å². The van der Waals surface area contributed by atoms with E-state index in [0.717, 1.165) is 12.0 Å². The first-order chi connectivity index (χ1) is 7.47. The van der Waals surface area contributed by atoms with Gasteiger partial charge in [0.25, 0.3) is 0 Å². The third-order valence-corrected chi connectivity index (χ3v) is 4.23. The van der Waals surface area contributed by atoms with Crippen molar-refractivity contribution in [2.45, 2.75) is 26.3 Å². The van der Waals surface area contributed by atoms with Crippen LogP contribution in [0.25, 0.3) is 0 Å². The Bertz CT molecular complexity index is 403. The molecule has 1 aliphatic carbocycles. The zero-order valence-corrected chi connectivity index (χ0v) is 11.4. The summed E-state index contributed by atoms with van der Waals surface area (Å²) < 4.78 is 14.5. The van der Waals surface area contributed by atoms with Crippen LogP contribution in [0.3, 0.4) is 0 Å². The summed E-state index contributed by atoms with van der Waals surface area (Å²) in [7, 11) is 1.90. The smallest absolute Gasteiger partial charge is 0.142 e. The van der Waals surface area contributed by atoms with Crippen molar-refractivity contribution >= 4 is 15.9 Å². The summed E-state index contributed by atoms with van der Waals surface area (Å²) in [5.41, 5.74) is 1.11. The van der Waals surface area contributed by atoms with Gasteiger partial charge >= 0.3 is 0 Å². The first kappa shape index (κ1) is 12.1. The van der Waals surface area contributed by atoms with Crippen LogP contribution >= 0.6 is 15.9 Å². The highest BCUT2D eigenvalue weighted by Gasteiger charge is 2.50. The second-order valence-electron chi connectivity index (χ2n) is 5.21. The molecule has 1 nitrogen and oxygen atoms in total. The fraction of sp³-hybridized carbons (Fsp3) is 0.538. The third-order valence-electron chi connectivity index (χ3n) is 3.62. The summed E-state index contributed by atoms with van der Waals surface area (Å²) >= 11 is 3.24. The van der Waals surface area contributed by atoms with Crippen LogP contribution in [-0.2, 0) is 0 Å². The molecule has 0 amide bonds. The Morgan fingerprint density at radius 3 is 2.62 bits per heavy atom. The minimum atomic E-state index is -0.135. The van der Waals surface area contributed by atoms with Gasteiger partial charge in [-0.15, -0.1) is 0 Å². The first-order valence-corrected chi connectivity index (χ1v) is 6.38. The van der Waals surface area contributed by atoms with Crippen molar-refractivity contribution in [1.82, 2.24) is 5.32 Å². The molecule has 1 aromatic rings.